The van der Waals surface area contributed by atoms with Crippen molar-refractivity contribution in [3.8, 4) is 22.4 Å². The minimum absolute atomic E-state index is 0.0113. The lowest BCUT2D eigenvalue weighted by Crippen LogP contribution is -2.46. The summed E-state index contributed by atoms with van der Waals surface area (Å²) in [5.74, 6) is 0.859. The molecule has 68 heavy (non-hydrogen) atoms. The molecule has 0 aliphatic carbocycles. The number of aliphatic hydroxyl groups excluding tert-OH is 1. The predicted octanol–water partition coefficient (Wildman–Crippen LogP) is 10.6. The summed E-state index contributed by atoms with van der Waals surface area (Å²) in [7, 11) is -7.46. The van der Waals surface area contributed by atoms with E-state index < -0.39 is 19.9 Å². The summed E-state index contributed by atoms with van der Waals surface area (Å²) in [4.78, 5) is 8.79. The third-order valence-corrected chi connectivity index (χ3v) is 17.1. The van der Waals surface area contributed by atoms with Gasteiger partial charge in [0, 0.05) is 114 Å². The molecule has 3 heterocycles. The van der Waals surface area contributed by atoms with E-state index in [1.165, 1.54) is 11.2 Å². The Hall–Kier alpha value is -4.96. The molecule has 8 rings (SSSR count). The summed E-state index contributed by atoms with van der Waals surface area (Å²) in [6, 6.07) is 39.1. The van der Waals surface area contributed by atoms with Gasteiger partial charge in [-0.15, -0.1) is 11.8 Å². The van der Waals surface area contributed by atoms with Crippen molar-refractivity contribution in [2.24, 2.45) is 0 Å². The zero-order valence-electron chi connectivity index (χ0n) is 39.5. The van der Waals surface area contributed by atoms with Gasteiger partial charge in [0.2, 0.25) is 0 Å². The number of piperazine rings is 1. The number of likely N-dealkylation sites (tertiary alicyclic amines) is 1. The molecule has 3 N–H and O–H groups in total. The molecule has 0 bridgehead atoms. The lowest BCUT2D eigenvalue weighted by molar-refractivity contribution is 0.0817. The number of aromatic nitrogens is 1. The van der Waals surface area contributed by atoms with Crippen molar-refractivity contribution in [2.45, 2.75) is 79.8 Å². The Kier molecular flexibility index (Phi) is 15.5. The maximum absolute atomic E-state index is 13.7. The molecule has 15 heteroatoms. The molecule has 11 nitrogen and oxygen atoms in total. The number of sulfone groups is 1. The number of sulfonamides is 1. The number of hydrogen-bond acceptors (Lipinski definition) is 10. The van der Waals surface area contributed by atoms with Gasteiger partial charge in [-0.2, -0.15) is 0 Å². The number of nitrogens with one attached hydrogen (secondary N) is 2. The van der Waals surface area contributed by atoms with Crippen LogP contribution in [0.2, 0.25) is 5.02 Å². The first-order chi connectivity index (χ1) is 32.5. The molecule has 0 saturated carbocycles. The molecule has 0 spiro atoms. The highest BCUT2D eigenvalue weighted by molar-refractivity contribution is 7.99. The Morgan fingerprint density at radius 3 is 2.04 bits per heavy atom. The van der Waals surface area contributed by atoms with E-state index in [-0.39, 0.29) is 23.1 Å². The lowest BCUT2D eigenvalue weighted by atomic mass is 10.00. The van der Waals surface area contributed by atoms with Crippen molar-refractivity contribution in [2.75, 3.05) is 77.7 Å². The summed E-state index contributed by atoms with van der Waals surface area (Å²) in [5, 5.41) is 14.3. The Morgan fingerprint density at radius 2 is 1.41 bits per heavy atom. The number of hydrogen-bond donors (Lipinski definition) is 3. The van der Waals surface area contributed by atoms with Crippen molar-refractivity contribution in [1.29, 1.82) is 0 Å². The quantitative estimate of drug-likeness (QED) is 0.0760. The molecule has 5 aromatic carbocycles. The molecule has 2 fully saturated rings. The number of piperidine rings is 1. The summed E-state index contributed by atoms with van der Waals surface area (Å²) in [5.41, 5.74) is 8.25. The Bertz CT molecular complexity index is 2900. The smallest absolute Gasteiger partial charge is 0.261 e. The van der Waals surface area contributed by atoms with Crippen molar-refractivity contribution >= 4 is 66.0 Å². The van der Waals surface area contributed by atoms with Gasteiger partial charge < -0.3 is 29.7 Å². The number of anilines is 4. The van der Waals surface area contributed by atoms with Crippen LogP contribution in [0.25, 0.3) is 22.4 Å². The average Bonchev–Trinajstić information content (AvgIpc) is 3.65. The highest BCUT2D eigenvalue weighted by Gasteiger charge is 2.30. The van der Waals surface area contributed by atoms with Crippen LogP contribution in [-0.4, -0.2) is 101 Å². The summed E-state index contributed by atoms with van der Waals surface area (Å²) in [6.45, 7) is 13.7. The Balaban J connectivity index is 0.914. The van der Waals surface area contributed by atoms with Crippen LogP contribution >= 0.6 is 23.4 Å². The lowest BCUT2D eigenvalue weighted by Gasteiger charge is -2.37. The van der Waals surface area contributed by atoms with Crippen LogP contribution in [0.3, 0.4) is 0 Å². The first-order valence-electron chi connectivity index (χ1n) is 23.4. The van der Waals surface area contributed by atoms with E-state index in [0.717, 1.165) is 110 Å². The van der Waals surface area contributed by atoms with Gasteiger partial charge in [0.25, 0.3) is 10.0 Å². The fraction of sp³-hybridized carbons (Fsp3) is 0.358. The first kappa shape index (κ1) is 49.5. The highest BCUT2D eigenvalue weighted by Crippen LogP contribution is 2.44. The van der Waals surface area contributed by atoms with Crippen LogP contribution in [0, 0.1) is 13.8 Å². The standard InChI is InChI=1S/C53H63ClN6O5S3/c1-37(2)60-39(4)53(67(5,62)63)51(52(60)40-14-16-42(54)17-15-40)41-10-9-11-46(35-41)59-32-30-58(31-33-59)45-20-18-43(19-21-45)56-68(64,65)49-22-23-50(38(3)34-49)55-44(36-66-48-12-7-6-8-13-48)24-27-57-28-25-47(61)26-29-57/h6-23,34-35,37,44,47,55-56,61H,24-33,36H2,1-5H3/t44-/m1/s1. The third-order valence-electron chi connectivity index (χ3n) is 13.1. The second-order valence-electron chi connectivity index (χ2n) is 18.4. The molecule has 0 amide bonds. The number of aliphatic hydroxyl groups is 1. The number of thioether (sulfide) groups is 1. The molecular weight excluding hydrogens is 932 g/mol. The fourth-order valence-corrected chi connectivity index (χ4v) is 13.0. The maximum Gasteiger partial charge on any atom is 0.261 e. The molecule has 2 aliphatic heterocycles. The van der Waals surface area contributed by atoms with Crippen LogP contribution in [0.5, 0.6) is 0 Å². The monoisotopic (exact) mass is 994 g/mol. The Labute approximate surface area is 412 Å². The predicted molar refractivity (Wildman–Crippen MR) is 282 cm³/mol. The molecule has 1 atom stereocenters. The van der Waals surface area contributed by atoms with E-state index in [1.54, 1.807) is 12.1 Å². The van der Waals surface area contributed by atoms with Gasteiger partial charge in [-0.05, 0) is 143 Å². The van der Waals surface area contributed by atoms with E-state index in [9.17, 15) is 21.9 Å². The van der Waals surface area contributed by atoms with Crippen molar-refractivity contribution in [3.05, 3.63) is 138 Å². The molecular formula is C53H63ClN6O5S3. The third kappa shape index (κ3) is 11.7. The minimum atomic E-state index is -3.86. The highest BCUT2D eigenvalue weighted by atomic mass is 35.5. The number of benzene rings is 5. The van der Waals surface area contributed by atoms with Crippen LogP contribution < -0.4 is 19.8 Å². The fourth-order valence-electron chi connectivity index (χ4n) is 9.56. The molecule has 0 radical (unpaired) electrons. The van der Waals surface area contributed by atoms with Gasteiger partial charge in [0.15, 0.2) is 9.84 Å². The molecule has 1 aromatic heterocycles. The van der Waals surface area contributed by atoms with Crippen LogP contribution in [-0.2, 0) is 19.9 Å². The number of rotatable bonds is 17. The second kappa shape index (κ2) is 21.4. The topological polar surface area (TPSA) is 127 Å². The summed E-state index contributed by atoms with van der Waals surface area (Å²) < 4.78 is 59.4. The minimum Gasteiger partial charge on any atom is -0.393 e. The van der Waals surface area contributed by atoms with E-state index in [4.69, 9.17) is 11.6 Å². The molecule has 2 aliphatic rings. The van der Waals surface area contributed by atoms with E-state index in [2.05, 4.69) is 79.6 Å². The number of aryl methyl sites for hydroxylation is 1. The summed E-state index contributed by atoms with van der Waals surface area (Å²) >= 11 is 8.10. The van der Waals surface area contributed by atoms with Crippen LogP contribution in [0.4, 0.5) is 22.7 Å². The van der Waals surface area contributed by atoms with Crippen molar-refractivity contribution < 1.29 is 21.9 Å². The largest absolute Gasteiger partial charge is 0.393 e. The zero-order chi connectivity index (χ0) is 48.2. The molecule has 2 saturated heterocycles. The van der Waals surface area contributed by atoms with E-state index in [0.29, 0.717) is 26.9 Å². The van der Waals surface area contributed by atoms with Crippen LogP contribution in [0.1, 0.15) is 50.4 Å². The van der Waals surface area contributed by atoms with Gasteiger partial charge in [-0.25, -0.2) is 16.8 Å². The molecule has 0 unspecified atom stereocenters. The van der Waals surface area contributed by atoms with E-state index >= 15 is 0 Å². The maximum atomic E-state index is 13.7. The first-order valence-corrected chi connectivity index (χ1v) is 28.2. The molecule has 6 aromatic rings. The second-order valence-corrected chi connectivity index (χ2v) is 23.5. The normalized spacial score (nSPS) is 15.8. The van der Waals surface area contributed by atoms with Gasteiger partial charge in [0.05, 0.1) is 21.6 Å². The van der Waals surface area contributed by atoms with E-state index in [1.807, 2.05) is 98.4 Å². The van der Waals surface area contributed by atoms with Gasteiger partial charge in [0.1, 0.15) is 0 Å². The van der Waals surface area contributed by atoms with Gasteiger partial charge >= 0.3 is 0 Å². The SMILES string of the molecule is Cc1cc(S(=O)(=O)Nc2ccc(N3CCN(c4cccc(-c5c(S(C)(=O)=O)c(C)n(C(C)C)c5-c5ccc(Cl)cc5)c4)CC3)cc2)ccc1N[C@H](CCN1CCC(O)CC1)CSc1ccccc1. The summed E-state index contributed by atoms with van der Waals surface area (Å²) in [6.07, 6.45) is 3.62. The number of halogens is 1. The van der Waals surface area contributed by atoms with Crippen molar-refractivity contribution in [3.63, 3.8) is 0 Å². The number of nitrogens with zero attached hydrogens (tertiary/aromatic N) is 4. The van der Waals surface area contributed by atoms with Crippen LogP contribution in [0.15, 0.2) is 136 Å². The van der Waals surface area contributed by atoms with Crippen molar-refractivity contribution in [1.82, 2.24) is 9.47 Å². The molecule has 360 valence electrons. The zero-order valence-corrected chi connectivity index (χ0v) is 42.7. The average molecular weight is 996 g/mol. The van der Waals surface area contributed by atoms with Gasteiger partial charge in [-0.3, -0.25) is 4.72 Å². The Morgan fingerprint density at radius 1 is 0.750 bits per heavy atom. The van der Waals surface area contributed by atoms with Gasteiger partial charge in [-0.1, -0.05) is 54.1 Å².